The Morgan fingerprint density at radius 1 is 1.61 bits per heavy atom. The molecular weight excluding hydrogens is 234 g/mol. The second-order valence-electron chi connectivity index (χ2n) is 4.49. The van der Waals surface area contributed by atoms with E-state index < -0.39 is 0 Å². The second kappa shape index (κ2) is 7.17. The zero-order valence-electron chi connectivity index (χ0n) is 11.3. The molecule has 1 saturated heterocycles. The quantitative estimate of drug-likeness (QED) is 0.293. The molecule has 1 atom stereocenters. The van der Waals surface area contributed by atoms with E-state index in [1.54, 1.807) is 12.0 Å². The number of nitrogens with two attached hydrogens (primary N) is 1. The maximum absolute atomic E-state index is 11.8. The molecule has 0 aliphatic carbocycles. The number of nitrogens with zero attached hydrogens (tertiary/aromatic N) is 3. The van der Waals surface area contributed by atoms with E-state index in [0.29, 0.717) is 19.1 Å². The highest BCUT2D eigenvalue weighted by Gasteiger charge is 2.21. The average molecular weight is 257 g/mol. The minimum Gasteiger partial charge on any atom is -0.382 e. The van der Waals surface area contributed by atoms with Gasteiger partial charge in [0.2, 0.25) is 11.9 Å². The summed E-state index contributed by atoms with van der Waals surface area (Å²) in [7, 11) is 3.44. The van der Waals surface area contributed by atoms with Crippen LogP contribution in [-0.4, -0.2) is 68.1 Å². The van der Waals surface area contributed by atoms with E-state index in [9.17, 15) is 4.79 Å². The van der Waals surface area contributed by atoms with Crippen molar-refractivity contribution in [2.75, 3.05) is 40.4 Å². The van der Waals surface area contributed by atoms with Gasteiger partial charge in [-0.2, -0.15) is 0 Å². The van der Waals surface area contributed by atoms with Crippen molar-refractivity contribution in [3.63, 3.8) is 0 Å². The molecule has 104 valence electrons. The molecule has 1 heterocycles. The molecule has 0 saturated carbocycles. The maximum atomic E-state index is 11.8. The number of hydrazine groups is 1. The van der Waals surface area contributed by atoms with Crippen molar-refractivity contribution in [1.29, 1.82) is 0 Å². The van der Waals surface area contributed by atoms with Gasteiger partial charge in [-0.3, -0.25) is 10.2 Å². The Balaban J connectivity index is 2.71. The third-order valence-electron chi connectivity index (χ3n) is 2.85. The second-order valence-corrected chi connectivity index (χ2v) is 4.49. The van der Waals surface area contributed by atoms with E-state index in [0.717, 1.165) is 19.5 Å². The van der Waals surface area contributed by atoms with Crippen LogP contribution in [0.15, 0.2) is 4.99 Å². The van der Waals surface area contributed by atoms with Gasteiger partial charge >= 0.3 is 0 Å². The highest BCUT2D eigenvalue weighted by atomic mass is 16.5. The highest BCUT2D eigenvalue weighted by Crippen LogP contribution is 2.04. The van der Waals surface area contributed by atoms with Crippen LogP contribution in [0.25, 0.3) is 0 Å². The molecule has 1 aliphatic heterocycles. The third kappa shape index (κ3) is 4.15. The van der Waals surface area contributed by atoms with E-state index in [1.807, 2.05) is 18.9 Å². The standard InChI is InChI=1S/C11H23N5O2/c1-9(8-18-3)13-11(14-12)16-6-4-5-15(2)10(17)7-16/h9H,4-8,12H2,1-3H3,(H,13,14). The lowest BCUT2D eigenvalue weighted by atomic mass is 10.4. The Morgan fingerprint density at radius 2 is 2.33 bits per heavy atom. The molecule has 0 aromatic carbocycles. The van der Waals surface area contributed by atoms with E-state index in [1.165, 1.54) is 0 Å². The van der Waals surface area contributed by atoms with Crippen molar-refractivity contribution in [2.45, 2.75) is 19.4 Å². The molecule has 1 fully saturated rings. The Labute approximate surface area is 108 Å². The van der Waals surface area contributed by atoms with Crippen LogP contribution in [0.5, 0.6) is 0 Å². The van der Waals surface area contributed by atoms with Gasteiger partial charge in [-0.15, -0.1) is 0 Å². The molecule has 1 rings (SSSR count). The van der Waals surface area contributed by atoms with Crippen molar-refractivity contribution in [3.8, 4) is 0 Å². The smallest absolute Gasteiger partial charge is 0.241 e. The van der Waals surface area contributed by atoms with Crippen LogP contribution in [0, 0.1) is 0 Å². The fraction of sp³-hybridized carbons (Fsp3) is 0.818. The number of carbonyl (C=O) groups is 1. The van der Waals surface area contributed by atoms with E-state index >= 15 is 0 Å². The van der Waals surface area contributed by atoms with Crippen LogP contribution in [0.3, 0.4) is 0 Å². The molecular formula is C11H23N5O2. The summed E-state index contributed by atoms with van der Waals surface area (Å²) in [4.78, 5) is 19.8. The maximum Gasteiger partial charge on any atom is 0.241 e. The van der Waals surface area contributed by atoms with Crippen LogP contribution in [-0.2, 0) is 9.53 Å². The summed E-state index contributed by atoms with van der Waals surface area (Å²) in [6, 6.07) is -0.00265. The molecule has 18 heavy (non-hydrogen) atoms. The Bertz CT molecular complexity index is 308. The number of rotatable bonds is 3. The molecule has 0 aromatic heterocycles. The Hall–Kier alpha value is -1.34. The first-order valence-corrected chi connectivity index (χ1v) is 6.10. The first-order chi connectivity index (χ1) is 8.58. The van der Waals surface area contributed by atoms with Gasteiger partial charge in [0, 0.05) is 27.2 Å². The van der Waals surface area contributed by atoms with Crippen LogP contribution in [0.2, 0.25) is 0 Å². The summed E-state index contributed by atoms with van der Waals surface area (Å²) in [5.41, 5.74) is 2.57. The van der Waals surface area contributed by atoms with Gasteiger partial charge in [-0.05, 0) is 13.3 Å². The largest absolute Gasteiger partial charge is 0.382 e. The van der Waals surface area contributed by atoms with E-state index in [4.69, 9.17) is 10.6 Å². The monoisotopic (exact) mass is 257 g/mol. The van der Waals surface area contributed by atoms with Crippen molar-refractivity contribution in [1.82, 2.24) is 15.2 Å². The molecule has 0 aromatic rings. The number of carbonyl (C=O) groups excluding carboxylic acids is 1. The molecule has 3 N–H and O–H groups in total. The van der Waals surface area contributed by atoms with E-state index in [-0.39, 0.29) is 11.9 Å². The minimum atomic E-state index is -0.00265. The molecule has 0 radical (unpaired) electrons. The van der Waals surface area contributed by atoms with E-state index in [2.05, 4.69) is 10.4 Å². The summed E-state index contributed by atoms with van der Waals surface area (Å²) < 4.78 is 5.03. The van der Waals surface area contributed by atoms with Crippen molar-refractivity contribution in [3.05, 3.63) is 0 Å². The third-order valence-corrected chi connectivity index (χ3v) is 2.85. The summed E-state index contributed by atoms with van der Waals surface area (Å²) in [6.45, 7) is 4.29. The first-order valence-electron chi connectivity index (χ1n) is 6.10. The average Bonchev–Trinajstić information content (AvgIpc) is 2.49. The number of likely N-dealkylation sites (N-methyl/N-ethyl adjacent to an activating group) is 1. The van der Waals surface area contributed by atoms with Gasteiger partial charge < -0.3 is 14.5 Å². The number of hydrogen-bond donors (Lipinski definition) is 2. The molecule has 0 spiro atoms. The van der Waals surface area contributed by atoms with Crippen LogP contribution < -0.4 is 11.3 Å². The molecule has 1 amide bonds. The lowest BCUT2D eigenvalue weighted by molar-refractivity contribution is -0.129. The molecule has 1 aliphatic rings. The van der Waals surface area contributed by atoms with Crippen molar-refractivity contribution < 1.29 is 9.53 Å². The van der Waals surface area contributed by atoms with Gasteiger partial charge in [0.15, 0.2) is 0 Å². The van der Waals surface area contributed by atoms with Gasteiger partial charge in [-0.25, -0.2) is 10.8 Å². The predicted molar refractivity (Wildman–Crippen MR) is 69.9 cm³/mol. The molecule has 7 heteroatoms. The molecule has 7 nitrogen and oxygen atoms in total. The summed E-state index contributed by atoms with van der Waals surface area (Å²) >= 11 is 0. The summed E-state index contributed by atoms with van der Waals surface area (Å²) in [5, 5.41) is 0. The normalized spacial score (nSPS) is 19.8. The number of guanidine groups is 1. The van der Waals surface area contributed by atoms with Crippen molar-refractivity contribution in [2.24, 2.45) is 10.8 Å². The zero-order chi connectivity index (χ0) is 13.5. The van der Waals surface area contributed by atoms with Crippen LogP contribution >= 0.6 is 0 Å². The SMILES string of the molecule is COCC(C)N=C(NN)N1CCCN(C)C(=O)C1. The summed E-state index contributed by atoms with van der Waals surface area (Å²) in [5.74, 6) is 6.11. The highest BCUT2D eigenvalue weighted by molar-refractivity contribution is 5.86. The number of nitrogens with one attached hydrogen (secondary N) is 1. The van der Waals surface area contributed by atoms with Gasteiger partial charge in [0.1, 0.15) is 0 Å². The number of methoxy groups -OCH3 is 1. The summed E-state index contributed by atoms with van der Waals surface area (Å²) in [6.07, 6.45) is 0.904. The molecule has 0 bridgehead atoms. The molecule has 1 unspecified atom stereocenters. The van der Waals surface area contributed by atoms with Crippen LogP contribution in [0.4, 0.5) is 0 Å². The minimum absolute atomic E-state index is 0.00265. The number of amides is 1. The fourth-order valence-electron chi connectivity index (χ4n) is 1.86. The van der Waals surface area contributed by atoms with Crippen molar-refractivity contribution >= 4 is 11.9 Å². The lowest BCUT2D eigenvalue weighted by Gasteiger charge is -2.23. The Morgan fingerprint density at radius 3 is 2.94 bits per heavy atom. The Kier molecular flexibility index (Phi) is 5.87. The van der Waals surface area contributed by atoms with Gasteiger partial charge in [0.25, 0.3) is 0 Å². The number of hydrogen-bond acceptors (Lipinski definition) is 4. The number of aliphatic imine (C=N–C) groups is 1. The first kappa shape index (κ1) is 14.7. The zero-order valence-corrected chi connectivity index (χ0v) is 11.3. The van der Waals surface area contributed by atoms with Crippen LogP contribution in [0.1, 0.15) is 13.3 Å². The topological polar surface area (TPSA) is 83.2 Å². The number of ether oxygens (including phenoxy) is 1. The lowest BCUT2D eigenvalue weighted by Crippen LogP contribution is -2.48. The van der Waals surface area contributed by atoms with Gasteiger partial charge in [0.05, 0.1) is 19.2 Å². The van der Waals surface area contributed by atoms with Gasteiger partial charge in [-0.1, -0.05) is 0 Å². The fourth-order valence-corrected chi connectivity index (χ4v) is 1.86. The predicted octanol–water partition coefficient (Wildman–Crippen LogP) is -0.995.